The van der Waals surface area contributed by atoms with Gasteiger partial charge >= 0.3 is 6.09 Å². The highest BCUT2D eigenvalue weighted by molar-refractivity contribution is 7.70. The second kappa shape index (κ2) is 13.2. The highest BCUT2D eigenvalue weighted by atomic mass is 35.5. The fourth-order valence-electron chi connectivity index (χ4n) is 4.61. The lowest BCUT2D eigenvalue weighted by Crippen LogP contribution is -2.40. The number of nitrogens with one attached hydrogen (secondary N) is 4. The lowest BCUT2D eigenvalue weighted by Gasteiger charge is -2.24. The van der Waals surface area contributed by atoms with E-state index in [0.717, 1.165) is 6.08 Å². The number of aromatic hydroxyl groups is 1. The van der Waals surface area contributed by atoms with Gasteiger partial charge in [-0.1, -0.05) is 30.3 Å². The number of amides is 2. The molecule has 1 unspecified atom stereocenters. The Morgan fingerprint density at radius 2 is 1.89 bits per heavy atom. The van der Waals surface area contributed by atoms with Gasteiger partial charge in [0.1, 0.15) is 23.5 Å². The highest BCUT2D eigenvalue weighted by Gasteiger charge is 2.28. The lowest BCUT2D eigenvalue weighted by molar-refractivity contribution is -0.111. The number of nitrogens with zero attached hydrogens (tertiary/aromatic N) is 3. The zero-order chi connectivity index (χ0) is 32.2. The van der Waals surface area contributed by atoms with E-state index in [-0.39, 0.29) is 34.3 Å². The maximum absolute atomic E-state index is 12.8. The summed E-state index contributed by atoms with van der Waals surface area (Å²) in [5.41, 5.74) is 1.14. The summed E-state index contributed by atoms with van der Waals surface area (Å²) in [5.74, 6) is -0.196. The molecular formula is C30H37ClN7O5P. The number of hydrogen-bond acceptors (Lipinski definition) is 10. The number of hydrogen-bond donors (Lipinski definition) is 5. The van der Waals surface area contributed by atoms with Gasteiger partial charge in [-0.15, -0.1) is 0 Å². The lowest BCUT2D eigenvalue weighted by atomic mass is 10.2. The number of alkyl carbamates (subject to hydrolysis) is 1. The van der Waals surface area contributed by atoms with Crippen molar-refractivity contribution in [2.45, 2.75) is 38.8 Å². The van der Waals surface area contributed by atoms with Gasteiger partial charge in [0.2, 0.25) is 11.9 Å². The fraction of sp³-hybridized carbons (Fsp3) is 0.333. The number of aromatic nitrogens is 2. The summed E-state index contributed by atoms with van der Waals surface area (Å²) in [7, 11) is -2.60. The molecule has 0 radical (unpaired) electrons. The number of rotatable bonds is 9. The standard InChI is InChI=1S/C30H37ClN7O5P/c1-7-26(40)34-21-14-22(24(39)15-23(21)38-13-12-18(17-38)33-29(41)43-30(2,3)4)36-28-32-16-19(31)27(37-28)35-20-10-8-9-11-25(20)44(5,6)42/h7-11,14-16,18,39H,1,12-13,17H2,2-6H3,(H,33,41)(H,34,40)(H2,32,35,36,37). The Labute approximate surface area is 261 Å². The average Bonchev–Trinajstić information content (AvgIpc) is 3.38. The molecule has 2 heterocycles. The number of phenols is 1. The first-order valence-electron chi connectivity index (χ1n) is 13.9. The second-order valence-corrected chi connectivity index (χ2v) is 15.3. The third-order valence-corrected chi connectivity index (χ3v) is 8.36. The van der Waals surface area contributed by atoms with Crippen LogP contribution in [0.3, 0.4) is 0 Å². The molecular weight excluding hydrogens is 605 g/mol. The van der Waals surface area contributed by atoms with E-state index >= 15 is 0 Å². The molecule has 4 rings (SSSR count). The first kappa shape index (κ1) is 32.6. The molecule has 2 amide bonds. The van der Waals surface area contributed by atoms with E-state index in [0.29, 0.717) is 41.9 Å². The molecule has 1 aliphatic rings. The summed E-state index contributed by atoms with van der Waals surface area (Å²) in [6.45, 7) is 13.3. The van der Waals surface area contributed by atoms with Gasteiger partial charge in [0.05, 0.1) is 35.0 Å². The van der Waals surface area contributed by atoms with Crippen molar-refractivity contribution < 1.29 is 24.0 Å². The van der Waals surface area contributed by atoms with E-state index in [1.54, 1.807) is 52.3 Å². The van der Waals surface area contributed by atoms with E-state index in [4.69, 9.17) is 16.3 Å². The Bertz CT molecular complexity index is 1620. The first-order chi connectivity index (χ1) is 20.6. The number of ether oxygens (including phenoxy) is 1. The normalized spacial score (nSPS) is 15.0. The Morgan fingerprint density at radius 1 is 1.16 bits per heavy atom. The molecule has 0 aliphatic carbocycles. The zero-order valence-electron chi connectivity index (χ0n) is 25.3. The molecule has 0 bridgehead atoms. The quantitative estimate of drug-likeness (QED) is 0.0837. The van der Waals surface area contributed by atoms with Crippen molar-refractivity contribution in [1.82, 2.24) is 15.3 Å². The van der Waals surface area contributed by atoms with Gasteiger partial charge in [0.25, 0.3) is 0 Å². The average molecular weight is 642 g/mol. The smallest absolute Gasteiger partial charge is 0.407 e. The highest BCUT2D eigenvalue weighted by Crippen LogP contribution is 2.40. The summed E-state index contributed by atoms with van der Waals surface area (Å²) in [5, 5.41) is 23.7. The molecule has 1 saturated heterocycles. The van der Waals surface area contributed by atoms with Gasteiger partial charge in [0, 0.05) is 24.5 Å². The van der Waals surface area contributed by atoms with E-state index in [1.165, 1.54) is 12.3 Å². The number of carbonyl (C=O) groups excluding carboxylic acids is 2. The van der Waals surface area contributed by atoms with Gasteiger partial charge in [-0.3, -0.25) is 4.79 Å². The van der Waals surface area contributed by atoms with Crippen LogP contribution in [0.4, 0.5) is 39.3 Å². The molecule has 5 N–H and O–H groups in total. The molecule has 1 aromatic heterocycles. The van der Waals surface area contributed by atoms with Crippen LogP contribution in [0.15, 0.2) is 55.3 Å². The van der Waals surface area contributed by atoms with Gasteiger partial charge in [-0.2, -0.15) is 4.98 Å². The Hall–Kier alpha value is -4.28. The number of para-hydroxylation sites is 1. The fourth-order valence-corrected chi connectivity index (χ4v) is 5.90. The second-order valence-electron chi connectivity index (χ2n) is 11.7. The molecule has 0 saturated carbocycles. The van der Waals surface area contributed by atoms with Crippen LogP contribution in [0.2, 0.25) is 5.02 Å². The minimum atomic E-state index is -2.60. The van der Waals surface area contributed by atoms with Gasteiger partial charge < -0.3 is 40.6 Å². The number of anilines is 6. The topological polar surface area (TPSA) is 158 Å². The van der Waals surface area contributed by atoms with Crippen molar-refractivity contribution >= 4 is 70.6 Å². The summed E-state index contributed by atoms with van der Waals surface area (Å²) in [6, 6.07) is 10.1. The SMILES string of the molecule is C=CC(=O)Nc1cc(Nc2ncc(Cl)c(Nc3ccccc3P(C)(C)=O)n2)c(O)cc1N1CCC(NC(=O)OC(C)(C)C)C1. The van der Waals surface area contributed by atoms with E-state index in [9.17, 15) is 19.3 Å². The zero-order valence-corrected chi connectivity index (χ0v) is 26.9. The van der Waals surface area contributed by atoms with Crippen LogP contribution in [-0.4, -0.2) is 65.1 Å². The predicted octanol–water partition coefficient (Wildman–Crippen LogP) is 5.80. The van der Waals surface area contributed by atoms with Gasteiger partial charge in [-0.25, -0.2) is 9.78 Å². The molecule has 14 heteroatoms. The largest absolute Gasteiger partial charge is 0.506 e. The Morgan fingerprint density at radius 3 is 2.57 bits per heavy atom. The first-order valence-corrected chi connectivity index (χ1v) is 16.9. The Balaban J connectivity index is 1.58. The number of phenolic OH excluding ortho intramolecular Hbond substituents is 1. The van der Waals surface area contributed by atoms with E-state index in [2.05, 4.69) is 37.8 Å². The molecule has 3 aromatic rings. The molecule has 1 aliphatic heterocycles. The maximum Gasteiger partial charge on any atom is 0.407 e. The van der Waals surface area contributed by atoms with Crippen molar-refractivity contribution in [3.8, 4) is 5.75 Å². The minimum Gasteiger partial charge on any atom is -0.506 e. The van der Waals surface area contributed by atoms with Crippen molar-refractivity contribution in [2.75, 3.05) is 47.3 Å². The third kappa shape index (κ3) is 8.42. The molecule has 44 heavy (non-hydrogen) atoms. The van der Waals surface area contributed by atoms with E-state index < -0.39 is 24.7 Å². The summed E-state index contributed by atoms with van der Waals surface area (Å²) in [6.07, 6.45) is 2.67. The molecule has 0 spiro atoms. The van der Waals surface area contributed by atoms with E-state index in [1.807, 2.05) is 17.0 Å². The van der Waals surface area contributed by atoms with Crippen LogP contribution < -0.4 is 31.5 Å². The van der Waals surface area contributed by atoms with Crippen LogP contribution in [0.1, 0.15) is 27.2 Å². The monoisotopic (exact) mass is 641 g/mol. The molecule has 1 fully saturated rings. The molecule has 234 valence electrons. The predicted molar refractivity (Wildman–Crippen MR) is 176 cm³/mol. The Kier molecular flexibility index (Phi) is 9.75. The van der Waals surface area contributed by atoms with Gasteiger partial charge in [-0.05, 0) is 64.8 Å². The number of carbonyl (C=O) groups is 2. The van der Waals surface area contributed by atoms with Crippen molar-refractivity contribution in [3.63, 3.8) is 0 Å². The van der Waals surface area contributed by atoms with Crippen LogP contribution in [0.5, 0.6) is 5.75 Å². The van der Waals surface area contributed by atoms with Crippen molar-refractivity contribution in [2.24, 2.45) is 0 Å². The van der Waals surface area contributed by atoms with Crippen LogP contribution in [0.25, 0.3) is 0 Å². The molecule has 2 aromatic carbocycles. The third-order valence-electron chi connectivity index (χ3n) is 6.53. The summed E-state index contributed by atoms with van der Waals surface area (Å²) >= 11 is 6.38. The minimum absolute atomic E-state index is 0.109. The maximum atomic E-state index is 12.8. The number of benzene rings is 2. The van der Waals surface area contributed by atoms with Crippen molar-refractivity contribution in [1.29, 1.82) is 0 Å². The number of halogens is 1. The molecule has 12 nitrogen and oxygen atoms in total. The summed E-state index contributed by atoms with van der Waals surface area (Å²) in [4.78, 5) is 35.3. The van der Waals surface area contributed by atoms with Gasteiger partial charge in [0.15, 0.2) is 5.82 Å². The van der Waals surface area contributed by atoms with Crippen LogP contribution in [0, 0.1) is 0 Å². The van der Waals surface area contributed by atoms with Crippen LogP contribution in [-0.2, 0) is 14.1 Å². The van der Waals surface area contributed by atoms with Crippen molar-refractivity contribution in [3.05, 3.63) is 60.3 Å². The van der Waals surface area contributed by atoms with Crippen LogP contribution >= 0.6 is 18.7 Å². The molecule has 1 atom stereocenters. The summed E-state index contributed by atoms with van der Waals surface area (Å²) < 4.78 is 18.2.